The minimum atomic E-state index is -2.63. The number of amides is 1. The van der Waals surface area contributed by atoms with Gasteiger partial charge in [-0.2, -0.15) is 0 Å². The number of carbonyl (C=O) groups excluding carboxylic acids is 1. The molecule has 0 aromatic carbocycles. The zero-order valence-corrected chi connectivity index (χ0v) is 13.3. The van der Waals surface area contributed by atoms with Crippen molar-refractivity contribution in [3.8, 4) is 12.3 Å². The van der Waals surface area contributed by atoms with Crippen LogP contribution in [0.5, 0.6) is 0 Å². The summed E-state index contributed by atoms with van der Waals surface area (Å²) in [5.41, 5.74) is -0.405. The highest BCUT2D eigenvalue weighted by Gasteiger charge is 2.45. The molecule has 0 saturated heterocycles. The molecule has 23 heavy (non-hydrogen) atoms. The van der Waals surface area contributed by atoms with Gasteiger partial charge in [-0.25, -0.2) is 13.8 Å². The van der Waals surface area contributed by atoms with E-state index in [-0.39, 0.29) is 24.8 Å². The van der Waals surface area contributed by atoms with E-state index < -0.39 is 11.5 Å². The molecule has 4 nitrogen and oxygen atoms in total. The van der Waals surface area contributed by atoms with Crippen molar-refractivity contribution in [1.82, 2.24) is 10.3 Å². The molecule has 0 spiro atoms. The summed E-state index contributed by atoms with van der Waals surface area (Å²) < 4.78 is 25.9. The average Bonchev–Trinajstić information content (AvgIpc) is 2.51. The van der Waals surface area contributed by atoms with Crippen LogP contribution in [-0.2, 0) is 0 Å². The standard InChI is InChI=1S/C17H21F2N3O/c1-4-16(5-2,6-3)22-15(23)13-8-7-9-20-14(13)21-12-10-17(18,19)11-12/h1,7-9,12H,5-6,10-11H2,2-3H3,(H,20,21)(H,22,23). The van der Waals surface area contributed by atoms with E-state index in [1.807, 2.05) is 13.8 Å². The van der Waals surface area contributed by atoms with Gasteiger partial charge < -0.3 is 10.6 Å². The van der Waals surface area contributed by atoms with Gasteiger partial charge in [-0.1, -0.05) is 19.8 Å². The molecule has 1 aliphatic rings. The molecule has 0 unspecified atom stereocenters. The maximum atomic E-state index is 12.9. The molecule has 0 radical (unpaired) electrons. The predicted octanol–water partition coefficient (Wildman–Crippen LogP) is 3.21. The van der Waals surface area contributed by atoms with Gasteiger partial charge in [0, 0.05) is 25.1 Å². The fraction of sp³-hybridized carbons (Fsp3) is 0.529. The van der Waals surface area contributed by atoms with Gasteiger partial charge in [0.15, 0.2) is 0 Å². The third kappa shape index (κ3) is 3.79. The van der Waals surface area contributed by atoms with Crippen molar-refractivity contribution >= 4 is 11.7 Å². The number of pyridine rings is 1. The van der Waals surface area contributed by atoms with Gasteiger partial charge >= 0.3 is 0 Å². The second kappa shape index (κ2) is 6.53. The molecule has 0 aliphatic heterocycles. The Morgan fingerprint density at radius 3 is 2.65 bits per heavy atom. The molecule has 1 amide bonds. The van der Waals surface area contributed by atoms with Gasteiger partial charge in [-0.15, -0.1) is 6.42 Å². The van der Waals surface area contributed by atoms with E-state index in [2.05, 4.69) is 21.5 Å². The minimum absolute atomic E-state index is 0.247. The zero-order valence-electron chi connectivity index (χ0n) is 13.3. The van der Waals surface area contributed by atoms with Crippen LogP contribution in [0.2, 0.25) is 0 Å². The Morgan fingerprint density at radius 1 is 1.48 bits per heavy atom. The fourth-order valence-corrected chi connectivity index (χ4v) is 2.61. The average molecular weight is 321 g/mol. The van der Waals surface area contributed by atoms with Gasteiger partial charge in [-0.3, -0.25) is 4.79 Å². The summed E-state index contributed by atoms with van der Waals surface area (Å²) in [5, 5.41) is 5.78. The van der Waals surface area contributed by atoms with E-state index in [1.54, 1.807) is 12.1 Å². The van der Waals surface area contributed by atoms with Gasteiger partial charge in [0.1, 0.15) is 11.4 Å². The van der Waals surface area contributed by atoms with Crippen LogP contribution >= 0.6 is 0 Å². The van der Waals surface area contributed by atoms with Crippen molar-refractivity contribution in [2.24, 2.45) is 0 Å². The first-order valence-electron chi connectivity index (χ1n) is 7.74. The van der Waals surface area contributed by atoms with E-state index in [0.29, 0.717) is 24.2 Å². The van der Waals surface area contributed by atoms with Crippen LogP contribution in [0.25, 0.3) is 0 Å². The number of anilines is 1. The number of nitrogens with one attached hydrogen (secondary N) is 2. The second-order valence-corrected chi connectivity index (χ2v) is 5.89. The Morgan fingerprint density at radius 2 is 2.13 bits per heavy atom. The molecule has 6 heteroatoms. The summed E-state index contributed by atoms with van der Waals surface area (Å²) in [6, 6.07) is 2.86. The summed E-state index contributed by atoms with van der Waals surface area (Å²) in [6.07, 6.45) is 7.78. The summed E-state index contributed by atoms with van der Waals surface area (Å²) in [7, 11) is 0. The smallest absolute Gasteiger partial charge is 0.256 e. The fourth-order valence-electron chi connectivity index (χ4n) is 2.61. The third-order valence-electron chi connectivity index (χ3n) is 4.32. The lowest BCUT2D eigenvalue weighted by molar-refractivity contribution is -0.0794. The van der Waals surface area contributed by atoms with Crippen molar-refractivity contribution in [1.29, 1.82) is 0 Å². The number of nitrogens with zero attached hydrogens (tertiary/aromatic N) is 1. The third-order valence-corrected chi connectivity index (χ3v) is 4.32. The van der Waals surface area contributed by atoms with E-state index in [9.17, 15) is 13.6 Å². The van der Waals surface area contributed by atoms with Gasteiger partial charge in [0.2, 0.25) is 0 Å². The highest BCUT2D eigenvalue weighted by atomic mass is 19.3. The van der Waals surface area contributed by atoms with Crippen LogP contribution in [0, 0.1) is 12.3 Å². The van der Waals surface area contributed by atoms with Crippen LogP contribution in [0.3, 0.4) is 0 Å². The van der Waals surface area contributed by atoms with Crippen LogP contribution in [0.15, 0.2) is 18.3 Å². The number of hydrogen-bond acceptors (Lipinski definition) is 3. The summed E-state index contributed by atoms with van der Waals surface area (Å²) in [6.45, 7) is 3.81. The monoisotopic (exact) mass is 321 g/mol. The first-order valence-corrected chi connectivity index (χ1v) is 7.74. The molecule has 1 aromatic rings. The first kappa shape index (κ1) is 17.2. The minimum Gasteiger partial charge on any atom is -0.366 e. The van der Waals surface area contributed by atoms with Crippen molar-refractivity contribution in [3.05, 3.63) is 23.9 Å². The lowest BCUT2D eigenvalue weighted by atomic mass is 9.88. The Kier molecular flexibility index (Phi) is 4.88. The Hall–Kier alpha value is -2.16. The van der Waals surface area contributed by atoms with Gasteiger partial charge in [0.25, 0.3) is 11.8 Å². The topological polar surface area (TPSA) is 54.0 Å². The van der Waals surface area contributed by atoms with Crippen molar-refractivity contribution in [2.45, 2.75) is 57.0 Å². The Balaban J connectivity index is 2.14. The number of rotatable bonds is 6. The number of halogens is 2. The second-order valence-electron chi connectivity index (χ2n) is 5.89. The molecule has 1 saturated carbocycles. The van der Waals surface area contributed by atoms with Gasteiger partial charge in [-0.05, 0) is 25.0 Å². The highest BCUT2D eigenvalue weighted by Crippen LogP contribution is 2.39. The summed E-state index contributed by atoms with van der Waals surface area (Å²) in [4.78, 5) is 16.6. The van der Waals surface area contributed by atoms with Crippen molar-refractivity contribution < 1.29 is 13.6 Å². The number of hydrogen-bond donors (Lipinski definition) is 2. The van der Waals surface area contributed by atoms with Gasteiger partial charge in [0.05, 0.1) is 5.56 Å². The van der Waals surface area contributed by atoms with E-state index in [1.165, 1.54) is 6.20 Å². The first-order chi connectivity index (χ1) is 10.8. The molecular weight excluding hydrogens is 300 g/mol. The van der Waals surface area contributed by atoms with E-state index in [4.69, 9.17) is 6.42 Å². The van der Waals surface area contributed by atoms with Crippen molar-refractivity contribution in [2.75, 3.05) is 5.32 Å². The highest BCUT2D eigenvalue weighted by molar-refractivity contribution is 5.99. The molecule has 0 bridgehead atoms. The Labute approximate surface area is 135 Å². The van der Waals surface area contributed by atoms with E-state index in [0.717, 1.165) is 0 Å². The van der Waals surface area contributed by atoms with Crippen LogP contribution in [0.1, 0.15) is 49.9 Å². The van der Waals surface area contributed by atoms with Crippen LogP contribution in [0.4, 0.5) is 14.6 Å². The number of carbonyl (C=O) groups is 1. The number of aromatic nitrogens is 1. The zero-order chi connectivity index (χ0) is 17.1. The molecule has 1 aliphatic carbocycles. The van der Waals surface area contributed by atoms with Crippen molar-refractivity contribution in [3.63, 3.8) is 0 Å². The molecule has 124 valence electrons. The SMILES string of the molecule is C#CC(CC)(CC)NC(=O)c1cccnc1NC1CC(F)(F)C1. The maximum absolute atomic E-state index is 12.9. The summed E-state index contributed by atoms with van der Waals surface area (Å²) >= 11 is 0. The molecule has 2 rings (SSSR count). The molecule has 1 aromatic heterocycles. The molecule has 0 atom stereocenters. The lowest BCUT2D eigenvalue weighted by Crippen LogP contribution is -2.47. The molecule has 1 heterocycles. The van der Waals surface area contributed by atoms with Crippen LogP contribution < -0.4 is 10.6 Å². The predicted molar refractivity (Wildman–Crippen MR) is 85.4 cm³/mol. The van der Waals surface area contributed by atoms with E-state index >= 15 is 0 Å². The number of terminal acetylenes is 1. The lowest BCUT2D eigenvalue weighted by Gasteiger charge is -2.36. The summed E-state index contributed by atoms with van der Waals surface area (Å²) in [5.74, 6) is -0.0345. The normalized spacial score (nSPS) is 17.0. The largest absolute Gasteiger partial charge is 0.366 e. The number of alkyl halides is 2. The molecular formula is C17H21F2N3O. The quantitative estimate of drug-likeness (QED) is 0.791. The van der Waals surface area contributed by atoms with Crippen LogP contribution in [-0.4, -0.2) is 28.4 Å². The molecule has 1 fully saturated rings. The Bertz CT molecular complexity index is 613. The molecule has 2 N–H and O–H groups in total. The maximum Gasteiger partial charge on any atom is 0.256 e.